The third kappa shape index (κ3) is 2.89. The number of nitrogens with zero attached hydrogens (tertiary/aromatic N) is 1. The van der Waals surface area contributed by atoms with Crippen LogP contribution >= 0.6 is 11.3 Å². The molecule has 2 nitrogen and oxygen atoms in total. The van der Waals surface area contributed by atoms with Gasteiger partial charge in [-0.05, 0) is 36.0 Å². The number of hydrogen-bond acceptors (Lipinski definition) is 3. The molecule has 0 bridgehead atoms. The van der Waals surface area contributed by atoms with Crippen molar-refractivity contribution >= 4 is 11.3 Å². The Balaban J connectivity index is 1.81. The van der Waals surface area contributed by atoms with Crippen molar-refractivity contribution in [2.45, 2.75) is 25.6 Å². The minimum Gasteiger partial charge on any atom is -0.318 e. The molecule has 0 amide bonds. The van der Waals surface area contributed by atoms with E-state index in [1.807, 2.05) is 18.4 Å². The molecule has 0 saturated carbocycles. The highest BCUT2D eigenvalue weighted by molar-refractivity contribution is 7.09. The third-order valence-electron chi connectivity index (χ3n) is 3.84. The average molecular weight is 272 g/mol. The van der Waals surface area contributed by atoms with Gasteiger partial charge in [0, 0.05) is 30.6 Å². The summed E-state index contributed by atoms with van der Waals surface area (Å²) in [5.41, 5.74) is 3.01. The molecule has 1 aliphatic rings. The Morgan fingerprint density at radius 1 is 1.21 bits per heavy atom. The van der Waals surface area contributed by atoms with Crippen LogP contribution < -0.4 is 5.32 Å². The van der Waals surface area contributed by atoms with E-state index in [2.05, 4.69) is 52.0 Å². The van der Waals surface area contributed by atoms with Gasteiger partial charge in [0.1, 0.15) is 0 Å². The van der Waals surface area contributed by atoms with E-state index >= 15 is 0 Å². The van der Waals surface area contributed by atoms with E-state index in [-0.39, 0.29) is 0 Å². The lowest BCUT2D eigenvalue weighted by molar-refractivity contribution is 0.162. The predicted octanol–water partition coefficient (Wildman–Crippen LogP) is 2.89. The van der Waals surface area contributed by atoms with Crippen LogP contribution in [0.15, 0.2) is 41.8 Å². The minimum atomic E-state index is 0.599. The lowest BCUT2D eigenvalue weighted by atomic mass is 9.94. The van der Waals surface area contributed by atoms with Crippen LogP contribution in [0.2, 0.25) is 0 Å². The molecule has 1 aliphatic heterocycles. The summed E-state index contributed by atoms with van der Waals surface area (Å²) in [6, 6.07) is 13.8. The summed E-state index contributed by atoms with van der Waals surface area (Å²) in [4.78, 5) is 4.06. The Morgan fingerprint density at radius 3 is 2.79 bits per heavy atom. The molecule has 1 aromatic carbocycles. The standard InChI is InChI=1S/C16H20N2S/c1-17-10-15-9-13-5-2-3-6-14(13)11-18(15)12-16-7-4-8-19-16/h2-8,15,17H,9-12H2,1H3. The van der Waals surface area contributed by atoms with Gasteiger partial charge in [0.15, 0.2) is 0 Å². The largest absolute Gasteiger partial charge is 0.318 e. The number of hydrogen-bond donors (Lipinski definition) is 1. The van der Waals surface area contributed by atoms with E-state index in [4.69, 9.17) is 0 Å². The van der Waals surface area contributed by atoms with Gasteiger partial charge in [-0.15, -0.1) is 11.3 Å². The van der Waals surface area contributed by atoms with Crippen LogP contribution in [0.1, 0.15) is 16.0 Å². The fraction of sp³-hybridized carbons (Fsp3) is 0.375. The smallest absolute Gasteiger partial charge is 0.0335 e. The van der Waals surface area contributed by atoms with E-state index in [0.29, 0.717) is 6.04 Å². The normalized spacial score (nSPS) is 19.3. The maximum Gasteiger partial charge on any atom is 0.0335 e. The number of likely N-dealkylation sites (N-methyl/N-ethyl adjacent to an activating group) is 1. The maximum atomic E-state index is 3.34. The van der Waals surface area contributed by atoms with Gasteiger partial charge in [0.25, 0.3) is 0 Å². The van der Waals surface area contributed by atoms with Crippen LogP contribution in [0.25, 0.3) is 0 Å². The molecule has 0 aliphatic carbocycles. The van der Waals surface area contributed by atoms with Crippen molar-refractivity contribution in [2.75, 3.05) is 13.6 Å². The topological polar surface area (TPSA) is 15.3 Å². The summed E-state index contributed by atoms with van der Waals surface area (Å²) in [7, 11) is 2.05. The SMILES string of the molecule is CNCC1Cc2ccccc2CN1Cc1cccs1. The fourth-order valence-electron chi connectivity index (χ4n) is 2.87. The first kappa shape index (κ1) is 12.9. The van der Waals surface area contributed by atoms with Crippen LogP contribution in [0, 0.1) is 0 Å². The molecule has 3 rings (SSSR count). The van der Waals surface area contributed by atoms with Crippen molar-refractivity contribution in [3.63, 3.8) is 0 Å². The van der Waals surface area contributed by atoms with Gasteiger partial charge in [0.05, 0.1) is 0 Å². The van der Waals surface area contributed by atoms with Crippen molar-refractivity contribution in [1.82, 2.24) is 10.2 Å². The molecule has 1 aromatic heterocycles. The number of fused-ring (bicyclic) bond motifs is 1. The van der Waals surface area contributed by atoms with Crippen LogP contribution in [-0.2, 0) is 19.5 Å². The van der Waals surface area contributed by atoms with Crippen molar-refractivity contribution in [3.05, 3.63) is 57.8 Å². The number of benzene rings is 1. The van der Waals surface area contributed by atoms with Gasteiger partial charge in [-0.3, -0.25) is 4.90 Å². The summed E-state index contributed by atoms with van der Waals surface area (Å²) in [6.45, 7) is 3.19. The monoisotopic (exact) mass is 272 g/mol. The Labute approximate surface area is 119 Å². The quantitative estimate of drug-likeness (QED) is 0.920. The second-order valence-electron chi connectivity index (χ2n) is 5.17. The molecule has 0 spiro atoms. The molecule has 1 unspecified atom stereocenters. The highest BCUT2D eigenvalue weighted by atomic mass is 32.1. The summed E-state index contributed by atoms with van der Waals surface area (Å²) in [5, 5.41) is 5.51. The Bertz CT molecular complexity index is 521. The predicted molar refractivity (Wildman–Crippen MR) is 81.4 cm³/mol. The zero-order valence-electron chi connectivity index (χ0n) is 11.3. The summed E-state index contributed by atoms with van der Waals surface area (Å²) >= 11 is 1.86. The molecular weight excluding hydrogens is 252 g/mol. The molecule has 0 fully saturated rings. The molecule has 3 heteroatoms. The minimum absolute atomic E-state index is 0.599. The van der Waals surface area contributed by atoms with Crippen LogP contribution in [-0.4, -0.2) is 24.5 Å². The second-order valence-corrected chi connectivity index (χ2v) is 6.20. The highest BCUT2D eigenvalue weighted by Gasteiger charge is 2.25. The van der Waals surface area contributed by atoms with E-state index < -0.39 is 0 Å². The average Bonchev–Trinajstić information content (AvgIpc) is 2.93. The van der Waals surface area contributed by atoms with E-state index in [0.717, 1.165) is 26.1 Å². The van der Waals surface area contributed by atoms with Gasteiger partial charge >= 0.3 is 0 Å². The van der Waals surface area contributed by atoms with Crippen LogP contribution in [0.5, 0.6) is 0 Å². The Hall–Kier alpha value is -1.16. The van der Waals surface area contributed by atoms with E-state index in [1.54, 1.807) is 0 Å². The van der Waals surface area contributed by atoms with E-state index in [1.165, 1.54) is 16.0 Å². The lowest BCUT2D eigenvalue weighted by Crippen LogP contribution is -2.45. The molecule has 2 heterocycles. The van der Waals surface area contributed by atoms with E-state index in [9.17, 15) is 0 Å². The van der Waals surface area contributed by atoms with Crippen molar-refractivity contribution in [2.24, 2.45) is 0 Å². The Morgan fingerprint density at radius 2 is 2.05 bits per heavy atom. The van der Waals surface area contributed by atoms with Crippen LogP contribution in [0.3, 0.4) is 0 Å². The summed E-state index contributed by atoms with van der Waals surface area (Å²) in [5.74, 6) is 0. The zero-order chi connectivity index (χ0) is 13.1. The molecular formula is C16H20N2S. The molecule has 2 aromatic rings. The molecule has 1 N–H and O–H groups in total. The molecule has 19 heavy (non-hydrogen) atoms. The van der Waals surface area contributed by atoms with Gasteiger partial charge < -0.3 is 5.32 Å². The van der Waals surface area contributed by atoms with Crippen molar-refractivity contribution < 1.29 is 0 Å². The second kappa shape index (κ2) is 5.87. The fourth-order valence-corrected chi connectivity index (χ4v) is 3.60. The highest BCUT2D eigenvalue weighted by Crippen LogP contribution is 2.25. The van der Waals surface area contributed by atoms with Gasteiger partial charge in [-0.25, -0.2) is 0 Å². The summed E-state index contributed by atoms with van der Waals surface area (Å²) < 4.78 is 0. The Kier molecular flexibility index (Phi) is 3.97. The molecule has 0 radical (unpaired) electrons. The maximum absolute atomic E-state index is 3.34. The van der Waals surface area contributed by atoms with Crippen molar-refractivity contribution in [1.29, 1.82) is 0 Å². The van der Waals surface area contributed by atoms with Gasteiger partial charge in [-0.2, -0.15) is 0 Å². The first-order valence-corrected chi connectivity index (χ1v) is 7.72. The molecule has 100 valence electrons. The molecule has 1 atom stereocenters. The molecule has 0 saturated heterocycles. The summed E-state index contributed by atoms with van der Waals surface area (Å²) in [6.07, 6.45) is 1.16. The number of rotatable bonds is 4. The van der Waals surface area contributed by atoms with Crippen LogP contribution in [0.4, 0.5) is 0 Å². The number of nitrogens with one attached hydrogen (secondary N) is 1. The van der Waals surface area contributed by atoms with Crippen molar-refractivity contribution in [3.8, 4) is 0 Å². The third-order valence-corrected chi connectivity index (χ3v) is 4.70. The zero-order valence-corrected chi connectivity index (χ0v) is 12.1. The first-order chi connectivity index (χ1) is 9.36. The lowest BCUT2D eigenvalue weighted by Gasteiger charge is -2.36. The number of thiophene rings is 1. The van der Waals surface area contributed by atoms with Gasteiger partial charge in [-0.1, -0.05) is 30.3 Å². The van der Waals surface area contributed by atoms with Gasteiger partial charge in [0.2, 0.25) is 0 Å². The first-order valence-electron chi connectivity index (χ1n) is 6.84.